The first-order chi connectivity index (χ1) is 8.61. The minimum absolute atomic E-state index is 0.0220. The van der Waals surface area contributed by atoms with E-state index >= 15 is 0 Å². The van der Waals surface area contributed by atoms with Crippen LogP contribution < -0.4 is 0 Å². The summed E-state index contributed by atoms with van der Waals surface area (Å²) in [7, 11) is 0. The largest absolute Gasteiger partial charge is 0.480 e. The Balaban J connectivity index is 1.69. The lowest BCUT2D eigenvalue weighted by atomic mass is 9.60. The SMILES string of the molecule is O=C(O)C1(C(=O)O)[C@@H]2[C@@H]3[C@@H]4[C@@H]5C[C@H]6[C@H]4[C@@H]3[C@H]1[C@@H]6[C@@H]52. The summed E-state index contributed by atoms with van der Waals surface area (Å²) in [4.78, 5) is 23.6. The molecule has 7 saturated carbocycles. The maximum absolute atomic E-state index is 11.8. The zero-order valence-corrected chi connectivity index (χ0v) is 9.69. The monoisotopic (exact) mass is 246 g/mol. The second-order valence-corrected chi connectivity index (χ2v) is 7.56. The first-order valence-corrected chi connectivity index (χ1v) is 7.08. The normalized spacial score (nSPS) is 69.1. The third-order valence-corrected chi connectivity index (χ3v) is 8.16. The van der Waals surface area contributed by atoms with Gasteiger partial charge in [-0.1, -0.05) is 0 Å². The summed E-state index contributed by atoms with van der Waals surface area (Å²) in [5.74, 6) is 2.56. The predicted molar refractivity (Wildman–Crippen MR) is 57.2 cm³/mol. The fourth-order valence-electron chi connectivity index (χ4n) is 8.63. The summed E-state index contributed by atoms with van der Waals surface area (Å²) in [5, 5.41) is 19.3. The minimum atomic E-state index is -1.40. The summed E-state index contributed by atoms with van der Waals surface area (Å²) >= 11 is 0. The maximum Gasteiger partial charge on any atom is 0.321 e. The number of hydrogen-bond acceptors (Lipinski definition) is 2. The molecule has 94 valence electrons. The van der Waals surface area contributed by atoms with Crippen molar-refractivity contribution < 1.29 is 19.8 Å². The molecular weight excluding hydrogens is 232 g/mol. The van der Waals surface area contributed by atoms with E-state index in [1.807, 2.05) is 0 Å². The van der Waals surface area contributed by atoms with E-state index in [2.05, 4.69) is 0 Å². The molecule has 18 heavy (non-hydrogen) atoms. The van der Waals surface area contributed by atoms with Gasteiger partial charge in [0.2, 0.25) is 0 Å². The van der Waals surface area contributed by atoms with Gasteiger partial charge in [0, 0.05) is 0 Å². The van der Waals surface area contributed by atoms with E-state index in [1.54, 1.807) is 0 Å². The van der Waals surface area contributed by atoms with Crippen molar-refractivity contribution in [2.45, 2.75) is 6.42 Å². The van der Waals surface area contributed by atoms with Gasteiger partial charge in [-0.15, -0.1) is 0 Å². The molecule has 7 aliphatic rings. The fraction of sp³-hybridized carbons (Fsp3) is 0.857. The van der Waals surface area contributed by atoms with Gasteiger partial charge in [0.05, 0.1) is 0 Å². The molecular formula is C14H14O4. The van der Waals surface area contributed by atoms with Crippen LogP contribution in [0.15, 0.2) is 0 Å². The Morgan fingerprint density at radius 3 is 1.61 bits per heavy atom. The van der Waals surface area contributed by atoms with Crippen molar-refractivity contribution in [3.63, 3.8) is 0 Å². The van der Waals surface area contributed by atoms with Crippen LogP contribution in [0.1, 0.15) is 6.42 Å². The molecule has 4 nitrogen and oxygen atoms in total. The van der Waals surface area contributed by atoms with Crippen molar-refractivity contribution in [1.82, 2.24) is 0 Å². The molecule has 0 saturated heterocycles. The summed E-state index contributed by atoms with van der Waals surface area (Å²) in [6, 6.07) is 0. The van der Waals surface area contributed by atoms with E-state index in [9.17, 15) is 19.8 Å². The third-order valence-electron chi connectivity index (χ3n) is 8.16. The summed E-state index contributed by atoms with van der Waals surface area (Å²) < 4.78 is 0. The highest BCUT2D eigenvalue weighted by Crippen LogP contribution is 2.94. The van der Waals surface area contributed by atoms with Crippen molar-refractivity contribution in [3.05, 3.63) is 0 Å². The first-order valence-electron chi connectivity index (χ1n) is 7.08. The Labute approximate surface area is 103 Å². The molecule has 0 amide bonds. The summed E-state index contributed by atoms with van der Waals surface area (Å²) in [6.45, 7) is 0. The second kappa shape index (κ2) is 2.02. The van der Waals surface area contributed by atoms with Crippen molar-refractivity contribution >= 4 is 11.9 Å². The predicted octanol–water partition coefficient (Wildman–Crippen LogP) is 0.776. The lowest BCUT2D eigenvalue weighted by Gasteiger charge is -2.44. The van der Waals surface area contributed by atoms with Crippen LogP contribution in [0.2, 0.25) is 0 Å². The molecule has 7 rings (SSSR count). The van der Waals surface area contributed by atoms with E-state index in [0.29, 0.717) is 35.5 Å². The van der Waals surface area contributed by atoms with Gasteiger partial charge in [-0.05, 0) is 65.6 Å². The Bertz CT molecular complexity index is 502. The summed E-state index contributed by atoms with van der Waals surface area (Å²) in [5.41, 5.74) is -1.40. The van der Waals surface area contributed by atoms with Crippen molar-refractivity contribution in [3.8, 4) is 0 Å². The van der Waals surface area contributed by atoms with Gasteiger partial charge < -0.3 is 10.2 Å². The molecule has 7 aliphatic carbocycles. The van der Waals surface area contributed by atoms with Gasteiger partial charge in [0.1, 0.15) is 0 Å². The molecule has 0 radical (unpaired) electrons. The van der Waals surface area contributed by atoms with Crippen molar-refractivity contribution in [2.75, 3.05) is 0 Å². The molecule has 0 aromatic carbocycles. The van der Waals surface area contributed by atoms with Crippen molar-refractivity contribution in [1.29, 1.82) is 0 Å². The van der Waals surface area contributed by atoms with Crippen LogP contribution in [0, 0.1) is 64.6 Å². The second-order valence-electron chi connectivity index (χ2n) is 7.56. The third kappa shape index (κ3) is 0.466. The van der Waals surface area contributed by atoms with Gasteiger partial charge in [-0.25, -0.2) is 0 Å². The highest BCUT2D eigenvalue weighted by atomic mass is 16.4. The first kappa shape index (κ1) is 8.94. The molecule has 0 heterocycles. The van der Waals surface area contributed by atoms with Crippen LogP contribution in [0.3, 0.4) is 0 Å². The number of carbonyl (C=O) groups is 2. The van der Waals surface area contributed by atoms with E-state index in [-0.39, 0.29) is 11.8 Å². The van der Waals surface area contributed by atoms with Gasteiger partial charge >= 0.3 is 11.9 Å². The minimum Gasteiger partial charge on any atom is -0.480 e. The number of hydrogen-bond donors (Lipinski definition) is 2. The highest BCUT2D eigenvalue weighted by Gasteiger charge is 2.95. The molecule has 4 heteroatoms. The number of rotatable bonds is 2. The molecule has 0 spiro atoms. The molecule has 2 N–H and O–H groups in total. The molecule has 4 bridgehead atoms. The number of aliphatic carboxylic acids is 2. The van der Waals surface area contributed by atoms with Crippen LogP contribution in [0.25, 0.3) is 0 Å². The zero-order valence-electron chi connectivity index (χ0n) is 9.69. The van der Waals surface area contributed by atoms with Crippen LogP contribution in [0.5, 0.6) is 0 Å². The molecule has 10 atom stereocenters. The van der Waals surface area contributed by atoms with Gasteiger partial charge in [-0.2, -0.15) is 0 Å². The van der Waals surface area contributed by atoms with E-state index in [1.165, 1.54) is 6.42 Å². The maximum atomic E-state index is 11.8. The standard InChI is InChI=1S/C14H14O4/c15-12(16)14(13(17)18)10-6-2-1-3-5-4(2)8(10)9(5)11(14)7(3)6/h2-11H,1H2,(H,15,16)(H,17,18)/t2-,3-,4+,5+,6-,7+,8-,9+,10+,11-/m0/s1. The topological polar surface area (TPSA) is 74.6 Å². The lowest BCUT2D eigenvalue weighted by Crippen LogP contribution is -2.45. The Hall–Kier alpha value is -1.06. The fourth-order valence-corrected chi connectivity index (χ4v) is 8.63. The Morgan fingerprint density at radius 2 is 1.22 bits per heavy atom. The average molecular weight is 246 g/mol. The quantitative estimate of drug-likeness (QED) is 0.706. The zero-order chi connectivity index (χ0) is 12.1. The lowest BCUT2D eigenvalue weighted by molar-refractivity contribution is -0.169. The molecule has 0 aromatic rings. The number of carboxylic acids is 2. The van der Waals surface area contributed by atoms with E-state index in [4.69, 9.17) is 0 Å². The smallest absolute Gasteiger partial charge is 0.321 e. The van der Waals surface area contributed by atoms with Crippen molar-refractivity contribution in [2.24, 2.45) is 64.6 Å². The Kier molecular flexibility index (Phi) is 1.00. The van der Waals surface area contributed by atoms with Gasteiger partial charge in [0.15, 0.2) is 5.41 Å². The highest BCUT2D eigenvalue weighted by molar-refractivity contribution is 6.01. The molecule has 0 aromatic heterocycles. The molecule has 0 unspecified atom stereocenters. The van der Waals surface area contributed by atoms with Gasteiger partial charge in [-0.3, -0.25) is 9.59 Å². The molecule has 0 aliphatic heterocycles. The van der Waals surface area contributed by atoms with Crippen LogP contribution in [0.4, 0.5) is 0 Å². The van der Waals surface area contributed by atoms with E-state index < -0.39 is 17.4 Å². The van der Waals surface area contributed by atoms with Crippen LogP contribution in [-0.2, 0) is 9.59 Å². The average Bonchev–Trinajstić information content (AvgIpc) is 2.85. The van der Waals surface area contributed by atoms with E-state index in [0.717, 1.165) is 11.8 Å². The van der Waals surface area contributed by atoms with Gasteiger partial charge in [0.25, 0.3) is 0 Å². The summed E-state index contributed by atoms with van der Waals surface area (Å²) in [6.07, 6.45) is 1.29. The molecule has 7 fully saturated rings. The van der Waals surface area contributed by atoms with Crippen LogP contribution >= 0.6 is 0 Å². The Morgan fingerprint density at radius 1 is 0.778 bits per heavy atom. The van der Waals surface area contributed by atoms with Crippen LogP contribution in [-0.4, -0.2) is 22.2 Å². The number of carboxylic acid groups (broad SMARTS) is 2.